The number of nitrogens with one attached hydrogen (secondary N) is 1. The van der Waals surface area contributed by atoms with Crippen LogP contribution in [0.3, 0.4) is 0 Å². The third-order valence-corrected chi connectivity index (χ3v) is 3.18. The molecule has 1 fully saturated rings. The molecule has 0 aromatic carbocycles. The fourth-order valence-electron chi connectivity index (χ4n) is 1.94. The summed E-state index contributed by atoms with van der Waals surface area (Å²) >= 11 is 0. The zero-order chi connectivity index (χ0) is 16.4. The number of aromatic amines is 1. The summed E-state index contributed by atoms with van der Waals surface area (Å²) in [6, 6.07) is 0. The number of hydrogen-bond donors (Lipinski definition) is 3. The van der Waals surface area contributed by atoms with Crippen LogP contribution in [0.15, 0.2) is 15.8 Å². The van der Waals surface area contributed by atoms with Gasteiger partial charge in [-0.25, -0.2) is 4.79 Å². The molecule has 2 heterocycles. The molecule has 1 aliphatic heterocycles. The van der Waals surface area contributed by atoms with Crippen LogP contribution in [0, 0.1) is 5.92 Å². The van der Waals surface area contributed by atoms with Gasteiger partial charge in [0.25, 0.3) is 5.56 Å². The molecule has 1 aliphatic rings. The summed E-state index contributed by atoms with van der Waals surface area (Å²) in [7, 11) is 0. The monoisotopic (exact) mass is 315 g/mol. The van der Waals surface area contributed by atoms with Crippen LogP contribution in [0.25, 0.3) is 0 Å². The Balaban J connectivity index is 2.11. The minimum Gasteiger partial charge on any atom is -0.463 e. The molecule has 0 saturated carbocycles. The van der Waals surface area contributed by atoms with Crippen molar-refractivity contribution in [1.29, 1.82) is 0 Å². The van der Waals surface area contributed by atoms with Crippen molar-refractivity contribution < 1.29 is 24.5 Å². The second kappa shape index (κ2) is 6.38. The number of hydrogen-bond acceptors (Lipinski definition) is 8. The number of nitrogens with zero attached hydrogens (tertiary/aromatic N) is 2. The molecule has 1 unspecified atom stereocenters. The second-order valence-electron chi connectivity index (χ2n) is 5.21. The molecule has 10 nitrogen and oxygen atoms in total. The van der Waals surface area contributed by atoms with Gasteiger partial charge < -0.3 is 19.7 Å². The first-order valence-electron chi connectivity index (χ1n) is 6.67. The van der Waals surface area contributed by atoms with Crippen molar-refractivity contribution in [2.75, 3.05) is 6.61 Å². The second-order valence-corrected chi connectivity index (χ2v) is 5.21. The van der Waals surface area contributed by atoms with Gasteiger partial charge in [0, 0.05) is 0 Å². The first-order chi connectivity index (χ1) is 10.3. The van der Waals surface area contributed by atoms with Crippen molar-refractivity contribution in [2.45, 2.75) is 38.4 Å². The number of carbonyl (C=O) groups excluding carboxylic acids is 1. The number of aliphatic hydroxyl groups is 2. The third-order valence-electron chi connectivity index (χ3n) is 3.18. The van der Waals surface area contributed by atoms with E-state index in [1.165, 1.54) is 0 Å². The Kier molecular flexibility index (Phi) is 4.74. The SMILES string of the molecule is CC(C)C(=O)OC[C@H]1O[C@@H](n2ncc(=O)[nH]c2=O)[C@@H](O)C1O. The average molecular weight is 315 g/mol. The van der Waals surface area contributed by atoms with Crippen LogP contribution in [0.5, 0.6) is 0 Å². The van der Waals surface area contributed by atoms with Gasteiger partial charge in [-0.15, -0.1) is 0 Å². The smallest absolute Gasteiger partial charge is 0.347 e. The lowest BCUT2D eigenvalue weighted by Gasteiger charge is -2.15. The van der Waals surface area contributed by atoms with Gasteiger partial charge in [0.15, 0.2) is 6.23 Å². The van der Waals surface area contributed by atoms with E-state index in [4.69, 9.17) is 9.47 Å². The predicted octanol–water partition coefficient (Wildman–Crippen LogP) is -2.25. The van der Waals surface area contributed by atoms with Crippen molar-refractivity contribution >= 4 is 5.97 Å². The van der Waals surface area contributed by atoms with Crippen LogP contribution in [0.2, 0.25) is 0 Å². The van der Waals surface area contributed by atoms with Gasteiger partial charge in [-0.3, -0.25) is 14.6 Å². The Morgan fingerprint density at radius 2 is 2.14 bits per heavy atom. The minimum absolute atomic E-state index is 0.274. The zero-order valence-corrected chi connectivity index (χ0v) is 12.0. The van der Waals surface area contributed by atoms with E-state index in [0.717, 1.165) is 6.20 Å². The Bertz CT molecular complexity index is 653. The lowest BCUT2D eigenvalue weighted by Crippen LogP contribution is -2.39. The first-order valence-corrected chi connectivity index (χ1v) is 6.67. The van der Waals surface area contributed by atoms with E-state index in [2.05, 4.69) is 5.10 Å². The first kappa shape index (κ1) is 16.3. The molecular weight excluding hydrogens is 298 g/mol. The van der Waals surface area contributed by atoms with Crippen molar-refractivity contribution in [3.05, 3.63) is 27.0 Å². The van der Waals surface area contributed by atoms with E-state index in [-0.39, 0.29) is 12.5 Å². The molecule has 1 saturated heterocycles. The third kappa shape index (κ3) is 3.24. The predicted molar refractivity (Wildman–Crippen MR) is 70.8 cm³/mol. The molecule has 0 amide bonds. The van der Waals surface area contributed by atoms with E-state index in [0.29, 0.717) is 4.68 Å². The van der Waals surface area contributed by atoms with Crippen LogP contribution >= 0.6 is 0 Å². The molecule has 1 aromatic heterocycles. The molecule has 22 heavy (non-hydrogen) atoms. The van der Waals surface area contributed by atoms with Crippen molar-refractivity contribution in [2.24, 2.45) is 5.92 Å². The van der Waals surface area contributed by atoms with Gasteiger partial charge in [-0.05, 0) is 0 Å². The summed E-state index contributed by atoms with van der Waals surface area (Å²) in [6.45, 7) is 3.02. The fraction of sp³-hybridized carbons (Fsp3) is 0.667. The summed E-state index contributed by atoms with van der Waals surface area (Å²) < 4.78 is 11.0. The minimum atomic E-state index is -1.46. The molecule has 0 radical (unpaired) electrons. The van der Waals surface area contributed by atoms with Crippen LogP contribution in [-0.2, 0) is 14.3 Å². The number of aliphatic hydroxyl groups excluding tert-OH is 2. The number of H-pyrrole nitrogens is 1. The van der Waals surface area contributed by atoms with Gasteiger partial charge >= 0.3 is 11.7 Å². The molecular formula is C12H17N3O7. The average Bonchev–Trinajstić information content (AvgIpc) is 2.73. The van der Waals surface area contributed by atoms with Crippen LogP contribution in [0.4, 0.5) is 0 Å². The number of carbonyl (C=O) groups is 1. The van der Waals surface area contributed by atoms with Crippen LogP contribution in [0.1, 0.15) is 20.1 Å². The van der Waals surface area contributed by atoms with E-state index in [1.54, 1.807) is 13.8 Å². The number of esters is 1. The van der Waals surface area contributed by atoms with Crippen LogP contribution < -0.4 is 11.2 Å². The Morgan fingerprint density at radius 1 is 1.45 bits per heavy atom. The van der Waals surface area contributed by atoms with Gasteiger partial charge in [0.05, 0.1) is 5.92 Å². The summed E-state index contributed by atoms with van der Waals surface area (Å²) in [4.78, 5) is 36.0. The Morgan fingerprint density at radius 3 is 2.73 bits per heavy atom. The van der Waals surface area contributed by atoms with Crippen molar-refractivity contribution in [3.63, 3.8) is 0 Å². The summed E-state index contributed by atoms with van der Waals surface area (Å²) in [5.41, 5.74) is -1.58. The van der Waals surface area contributed by atoms with E-state index in [1.807, 2.05) is 4.98 Å². The normalized spacial score (nSPS) is 28.0. The summed E-state index contributed by atoms with van der Waals surface area (Å²) in [5, 5.41) is 23.4. The standard InChI is InChI=1S/C12H17N3O7/c1-5(2)11(19)21-4-6-8(17)9(18)10(22-6)15-12(20)14-7(16)3-13-15/h3,5-6,8-10,17-18H,4H2,1-2H3,(H,14,16,20)/t6-,8?,9+,10-/m1/s1. The van der Waals surface area contributed by atoms with Gasteiger partial charge in [-0.2, -0.15) is 9.78 Å². The van der Waals surface area contributed by atoms with Crippen molar-refractivity contribution in [1.82, 2.24) is 14.8 Å². The lowest BCUT2D eigenvalue weighted by atomic mass is 10.1. The Labute approximate surface area is 124 Å². The number of ether oxygens (including phenoxy) is 2. The molecule has 3 N–H and O–H groups in total. The maximum Gasteiger partial charge on any atom is 0.347 e. The topological polar surface area (TPSA) is 144 Å². The van der Waals surface area contributed by atoms with Crippen molar-refractivity contribution in [3.8, 4) is 0 Å². The van der Waals surface area contributed by atoms with Gasteiger partial charge in [-0.1, -0.05) is 13.8 Å². The van der Waals surface area contributed by atoms with Gasteiger partial charge in [0.1, 0.15) is 31.1 Å². The number of rotatable bonds is 4. The maximum absolute atomic E-state index is 11.6. The molecule has 4 atom stereocenters. The molecule has 1 aromatic rings. The molecule has 0 aliphatic carbocycles. The summed E-state index contributed by atoms with van der Waals surface area (Å²) in [6.07, 6.45) is -4.29. The van der Waals surface area contributed by atoms with E-state index < -0.39 is 41.8 Å². The van der Waals surface area contributed by atoms with E-state index >= 15 is 0 Å². The molecule has 2 rings (SSSR count). The molecule has 0 bridgehead atoms. The maximum atomic E-state index is 11.6. The largest absolute Gasteiger partial charge is 0.463 e. The fourth-order valence-corrected chi connectivity index (χ4v) is 1.94. The highest BCUT2D eigenvalue weighted by Crippen LogP contribution is 2.27. The molecule has 122 valence electrons. The highest BCUT2D eigenvalue weighted by atomic mass is 16.6. The van der Waals surface area contributed by atoms with E-state index in [9.17, 15) is 24.6 Å². The highest BCUT2D eigenvalue weighted by molar-refractivity contribution is 5.71. The molecule has 0 spiro atoms. The number of aromatic nitrogens is 3. The quantitative estimate of drug-likeness (QED) is 0.529. The Hall–Kier alpha value is -2.04. The zero-order valence-electron chi connectivity index (χ0n) is 12.0. The van der Waals surface area contributed by atoms with Gasteiger partial charge in [0.2, 0.25) is 0 Å². The highest BCUT2D eigenvalue weighted by Gasteiger charge is 2.45. The summed E-state index contributed by atoms with van der Waals surface area (Å²) in [5.74, 6) is -0.823. The lowest BCUT2D eigenvalue weighted by molar-refractivity contribution is -0.154. The van der Waals surface area contributed by atoms with Crippen LogP contribution in [-0.4, -0.2) is 55.9 Å². The molecule has 10 heteroatoms.